The summed E-state index contributed by atoms with van der Waals surface area (Å²) >= 11 is 0. The van der Waals surface area contributed by atoms with E-state index < -0.39 is 0 Å². The molecule has 0 atom stereocenters. The Labute approximate surface area is 140 Å². The quantitative estimate of drug-likeness (QED) is 0.696. The van der Waals surface area contributed by atoms with E-state index >= 15 is 0 Å². The van der Waals surface area contributed by atoms with Crippen LogP contribution >= 0.6 is 0 Å². The van der Waals surface area contributed by atoms with E-state index in [0.29, 0.717) is 24.1 Å². The molecule has 24 heavy (non-hydrogen) atoms. The highest BCUT2D eigenvalue weighted by atomic mass is 16.5. The monoisotopic (exact) mass is 321 g/mol. The van der Waals surface area contributed by atoms with Gasteiger partial charge >= 0.3 is 0 Å². The maximum absolute atomic E-state index is 10.6. The third-order valence-corrected chi connectivity index (χ3v) is 3.44. The van der Waals surface area contributed by atoms with Gasteiger partial charge in [-0.25, -0.2) is 9.97 Å². The maximum Gasteiger partial charge on any atom is 0.219 e. The van der Waals surface area contributed by atoms with Crippen LogP contribution in [0.2, 0.25) is 0 Å². The van der Waals surface area contributed by atoms with Crippen molar-refractivity contribution in [2.45, 2.75) is 26.3 Å². The summed E-state index contributed by atoms with van der Waals surface area (Å²) in [4.78, 5) is 19.4. The van der Waals surface area contributed by atoms with Crippen molar-refractivity contribution in [1.29, 1.82) is 0 Å². The molecular weight excluding hydrogens is 302 g/mol. The minimum absolute atomic E-state index is 0.329. The number of rotatable bonds is 6. The molecule has 0 bridgehead atoms. The van der Waals surface area contributed by atoms with Crippen LogP contribution in [0.3, 0.4) is 0 Å². The highest BCUT2D eigenvalue weighted by Gasteiger charge is 2.04. The van der Waals surface area contributed by atoms with Gasteiger partial charge in [-0.15, -0.1) is 0 Å². The smallest absolute Gasteiger partial charge is 0.219 e. The van der Waals surface area contributed by atoms with Crippen LogP contribution in [0.25, 0.3) is 10.9 Å². The van der Waals surface area contributed by atoms with Crippen molar-refractivity contribution in [2.75, 3.05) is 5.32 Å². The predicted octanol–water partition coefficient (Wildman–Crippen LogP) is 3.98. The number of anilines is 1. The fraction of sp³-hybridized carbons (Fsp3) is 0.211. The van der Waals surface area contributed by atoms with Crippen molar-refractivity contribution in [1.82, 2.24) is 9.97 Å². The number of fused-ring (bicyclic) bond motifs is 1. The molecule has 0 saturated carbocycles. The average molecular weight is 321 g/mol. The van der Waals surface area contributed by atoms with E-state index in [0.717, 1.165) is 28.6 Å². The number of aromatic nitrogens is 2. The number of nitrogens with zero attached hydrogens (tertiary/aromatic N) is 2. The molecule has 3 aromatic rings. The topological polar surface area (TPSA) is 64.1 Å². The molecule has 0 unspecified atom stereocenters. The molecule has 5 nitrogen and oxygen atoms in total. The van der Waals surface area contributed by atoms with E-state index in [4.69, 9.17) is 4.74 Å². The lowest BCUT2D eigenvalue weighted by molar-refractivity contribution is -0.107. The van der Waals surface area contributed by atoms with E-state index in [1.807, 2.05) is 42.5 Å². The fourth-order valence-corrected chi connectivity index (χ4v) is 2.38. The van der Waals surface area contributed by atoms with Crippen LogP contribution in [-0.2, 0) is 11.2 Å². The number of hydrogen-bond acceptors (Lipinski definition) is 5. The van der Waals surface area contributed by atoms with Gasteiger partial charge in [-0.1, -0.05) is 6.07 Å². The zero-order valence-corrected chi connectivity index (χ0v) is 13.7. The van der Waals surface area contributed by atoms with Crippen LogP contribution in [-0.4, -0.2) is 22.3 Å². The lowest BCUT2D eigenvalue weighted by Gasteiger charge is -2.10. The first-order valence-corrected chi connectivity index (χ1v) is 7.88. The van der Waals surface area contributed by atoms with Crippen molar-refractivity contribution < 1.29 is 9.53 Å². The van der Waals surface area contributed by atoms with Gasteiger partial charge in [0.25, 0.3) is 0 Å². The first kappa shape index (κ1) is 15.9. The second-order valence-electron chi connectivity index (χ2n) is 5.83. The standard InChI is InChI=1S/C19H19N3O2/c1-13(2)21-18-7-5-16(12-20-18)24-19-8-4-15-11-14(9-10-23)3-6-17(15)22-19/h3-8,10-13H,9H2,1-2H3,(H,20,21). The first-order chi connectivity index (χ1) is 11.6. The number of carbonyl (C=O) groups excluding carboxylic acids is 1. The SMILES string of the molecule is CC(C)Nc1ccc(Oc2ccc3cc(CC=O)ccc3n2)cn1. The van der Waals surface area contributed by atoms with E-state index in [1.54, 1.807) is 6.20 Å². The molecule has 2 heterocycles. The van der Waals surface area contributed by atoms with Gasteiger partial charge < -0.3 is 14.8 Å². The molecule has 0 amide bonds. The molecule has 1 N–H and O–H groups in total. The Morgan fingerprint density at radius 3 is 2.75 bits per heavy atom. The third kappa shape index (κ3) is 3.87. The van der Waals surface area contributed by atoms with Crippen molar-refractivity contribution in [3.8, 4) is 11.6 Å². The summed E-state index contributed by atoms with van der Waals surface area (Å²) in [6, 6.07) is 13.6. The highest BCUT2D eigenvalue weighted by molar-refractivity contribution is 5.80. The summed E-state index contributed by atoms with van der Waals surface area (Å²) in [6.45, 7) is 4.12. The molecule has 122 valence electrons. The number of hydrogen-bond donors (Lipinski definition) is 1. The van der Waals surface area contributed by atoms with Gasteiger partial charge in [0.05, 0.1) is 11.7 Å². The molecule has 3 rings (SSSR count). The van der Waals surface area contributed by atoms with E-state index in [1.165, 1.54) is 0 Å². The molecule has 0 aliphatic rings. The van der Waals surface area contributed by atoms with Crippen LogP contribution in [0.1, 0.15) is 19.4 Å². The third-order valence-electron chi connectivity index (χ3n) is 3.44. The minimum Gasteiger partial charge on any atom is -0.437 e. The Morgan fingerprint density at radius 2 is 2.04 bits per heavy atom. The predicted molar refractivity (Wildman–Crippen MR) is 94.6 cm³/mol. The van der Waals surface area contributed by atoms with Crippen LogP contribution in [0.4, 0.5) is 5.82 Å². The minimum atomic E-state index is 0.329. The van der Waals surface area contributed by atoms with Crippen LogP contribution in [0, 0.1) is 0 Å². The number of benzene rings is 1. The largest absolute Gasteiger partial charge is 0.437 e. The van der Waals surface area contributed by atoms with E-state index in [-0.39, 0.29) is 0 Å². The zero-order chi connectivity index (χ0) is 16.9. The summed E-state index contributed by atoms with van der Waals surface area (Å²) in [7, 11) is 0. The summed E-state index contributed by atoms with van der Waals surface area (Å²) in [6.07, 6.45) is 2.98. The Kier molecular flexibility index (Phi) is 4.70. The summed E-state index contributed by atoms with van der Waals surface area (Å²) in [5, 5.41) is 4.21. The number of carbonyl (C=O) groups is 1. The molecule has 5 heteroatoms. The van der Waals surface area contributed by atoms with Crippen molar-refractivity contribution >= 4 is 23.0 Å². The summed E-state index contributed by atoms with van der Waals surface area (Å²) in [5.41, 5.74) is 1.80. The Balaban J connectivity index is 1.77. The van der Waals surface area contributed by atoms with Gasteiger partial charge in [-0.2, -0.15) is 0 Å². The van der Waals surface area contributed by atoms with Crippen molar-refractivity contribution in [2.24, 2.45) is 0 Å². The molecule has 0 fully saturated rings. The number of pyridine rings is 2. The summed E-state index contributed by atoms with van der Waals surface area (Å²) in [5.74, 6) is 1.96. The second kappa shape index (κ2) is 7.08. The first-order valence-electron chi connectivity index (χ1n) is 7.88. The lowest BCUT2D eigenvalue weighted by atomic mass is 10.1. The molecule has 0 aliphatic carbocycles. The van der Waals surface area contributed by atoms with E-state index in [2.05, 4.69) is 29.1 Å². The molecular formula is C19H19N3O2. The Bertz CT molecular complexity index is 845. The number of ether oxygens (including phenoxy) is 1. The molecule has 2 aromatic heterocycles. The Morgan fingerprint density at radius 1 is 1.17 bits per heavy atom. The Hall–Kier alpha value is -2.95. The average Bonchev–Trinajstić information content (AvgIpc) is 2.57. The normalized spacial score (nSPS) is 10.8. The fourth-order valence-electron chi connectivity index (χ4n) is 2.38. The van der Waals surface area contributed by atoms with E-state index in [9.17, 15) is 4.79 Å². The molecule has 0 radical (unpaired) electrons. The number of aldehydes is 1. The van der Waals surface area contributed by atoms with Gasteiger partial charge in [0.1, 0.15) is 17.9 Å². The van der Waals surface area contributed by atoms with Crippen LogP contribution in [0.15, 0.2) is 48.7 Å². The van der Waals surface area contributed by atoms with Gasteiger partial charge in [0.2, 0.25) is 5.88 Å². The van der Waals surface area contributed by atoms with Gasteiger partial charge in [0, 0.05) is 23.9 Å². The molecule has 0 spiro atoms. The van der Waals surface area contributed by atoms with Crippen molar-refractivity contribution in [3.63, 3.8) is 0 Å². The van der Waals surface area contributed by atoms with Crippen molar-refractivity contribution in [3.05, 3.63) is 54.2 Å². The van der Waals surface area contributed by atoms with Crippen LogP contribution < -0.4 is 10.1 Å². The number of nitrogens with one attached hydrogen (secondary N) is 1. The molecule has 1 aromatic carbocycles. The van der Waals surface area contributed by atoms with Gasteiger partial charge in [-0.05, 0) is 49.7 Å². The second-order valence-corrected chi connectivity index (χ2v) is 5.83. The van der Waals surface area contributed by atoms with Gasteiger partial charge in [-0.3, -0.25) is 0 Å². The molecule has 0 aliphatic heterocycles. The molecule has 0 saturated heterocycles. The van der Waals surface area contributed by atoms with Crippen LogP contribution in [0.5, 0.6) is 11.6 Å². The maximum atomic E-state index is 10.6. The highest BCUT2D eigenvalue weighted by Crippen LogP contribution is 2.23. The summed E-state index contributed by atoms with van der Waals surface area (Å²) < 4.78 is 5.77. The van der Waals surface area contributed by atoms with Gasteiger partial charge in [0.15, 0.2) is 0 Å². The lowest BCUT2D eigenvalue weighted by Crippen LogP contribution is -2.10. The zero-order valence-electron chi connectivity index (χ0n) is 13.7.